The largest absolute Gasteiger partial charge is 0.394 e. The highest BCUT2D eigenvalue weighted by Gasteiger charge is 2.42. The van der Waals surface area contributed by atoms with Gasteiger partial charge in [-0.2, -0.15) is 0 Å². The fourth-order valence-corrected chi connectivity index (χ4v) is 4.80. The molecule has 21 heavy (non-hydrogen) atoms. The van der Waals surface area contributed by atoms with Gasteiger partial charge in [-0.3, -0.25) is 4.90 Å². The zero-order valence-electron chi connectivity index (χ0n) is 14.6. The Morgan fingerprint density at radius 3 is 2.38 bits per heavy atom. The van der Waals surface area contributed by atoms with Crippen molar-refractivity contribution in [3.05, 3.63) is 0 Å². The van der Waals surface area contributed by atoms with Crippen LogP contribution in [0, 0.1) is 5.92 Å². The van der Waals surface area contributed by atoms with Crippen molar-refractivity contribution in [3.8, 4) is 0 Å². The van der Waals surface area contributed by atoms with Gasteiger partial charge in [0.2, 0.25) is 0 Å². The molecule has 2 aliphatic rings. The van der Waals surface area contributed by atoms with Crippen LogP contribution in [0.3, 0.4) is 0 Å². The molecule has 4 unspecified atom stereocenters. The summed E-state index contributed by atoms with van der Waals surface area (Å²) >= 11 is 0. The van der Waals surface area contributed by atoms with Crippen LogP contribution < -0.4 is 5.32 Å². The van der Waals surface area contributed by atoms with Crippen LogP contribution in [0.1, 0.15) is 72.6 Å². The van der Waals surface area contributed by atoms with Crippen molar-refractivity contribution in [2.24, 2.45) is 5.92 Å². The molecule has 0 bridgehead atoms. The molecule has 0 aromatic rings. The molecule has 1 heterocycles. The molecule has 0 spiro atoms. The Morgan fingerprint density at radius 2 is 1.81 bits per heavy atom. The van der Waals surface area contributed by atoms with E-state index in [9.17, 15) is 5.11 Å². The third kappa shape index (κ3) is 4.00. The maximum Gasteiger partial charge on any atom is 0.0616 e. The molecule has 1 saturated carbocycles. The third-order valence-corrected chi connectivity index (χ3v) is 5.93. The summed E-state index contributed by atoms with van der Waals surface area (Å²) in [4.78, 5) is 2.71. The molecule has 124 valence electrons. The minimum Gasteiger partial charge on any atom is -0.394 e. The fraction of sp³-hybridized carbons (Fsp3) is 1.00. The lowest BCUT2D eigenvalue weighted by molar-refractivity contribution is 0.0708. The lowest BCUT2D eigenvalue weighted by Gasteiger charge is -2.42. The highest BCUT2D eigenvalue weighted by atomic mass is 16.3. The Bertz CT molecular complexity index is 310. The molecule has 2 fully saturated rings. The van der Waals surface area contributed by atoms with E-state index in [4.69, 9.17) is 0 Å². The number of likely N-dealkylation sites (tertiary alicyclic amines) is 1. The van der Waals surface area contributed by atoms with Crippen molar-refractivity contribution in [1.82, 2.24) is 10.2 Å². The molecule has 0 radical (unpaired) electrons. The summed E-state index contributed by atoms with van der Waals surface area (Å²) in [6.45, 7) is 10.7. The summed E-state index contributed by atoms with van der Waals surface area (Å²) in [6, 6.07) is 1.92. The molecular weight excluding hydrogens is 260 g/mol. The van der Waals surface area contributed by atoms with E-state index in [0.29, 0.717) is 18.6 Å². The lowest BCUT2D eigenvalue weighted by Crippen LogP contribution is -2.55. The van der Waals surface area contributed by atoms with Crippen LogP contribution in [-0.4, -0.2) is 46.8 Å². The van der Waals surface area contributed by atoms with Crippen molar-refractivity contribution in [1.29, 1.82) is 0 Å². The van der Waals surface area contributed by atoms with E-state index in [1.54, 1.807) is 0 Å². The van der Waals surface area contributed by atoms with E-state index in [0.717, 1.165) is 18.5 Å². The summed E-state index contributed by atoms with van der Waals surface area (Å²) in [5.41, 5.74) is -0.0174. The normalized spacial score (nSPS) is 38.3. The van der Waals surface area contributed by atoms with Crippen molar-refractivity contribution in [2.45, 2.75) is 96.3 Å². The number of aliphatic hydroxyl groups excluding tert-OH is 1. The van der Waals surface area contributed by atoms with Gasteiger partial charge in [0.05, 0.1) is 6.61 Å². The smallest absolute Gasteiger partial charge is 0.0616 e. The second kappa shape index (κ2) is 7.43. The van der Waals surface area contributed by atoms with Crippen molar-refractivity contribution < 1.29 is 5.11 Å². The minimum atomic E-state index is -0.0174. The van der Waals surface area contributed by atoms with Gasteiger partial charge in [-0.15, -0.1) is 0 Å². The van der Waals surface area contributed by atoms with E-state index >= 15 is 0 Å². The molecule has 0 amide bonds. The molecule has 2 rings (SSSR count). The summed E-state index contributed by atoms with van der Waals surface area (Å²) in [6.07, 6.45) is 8.99. The average molecular weight is 296 g/mol. The molecule has 1 aliphatic heterocycles. The van der Waals surface area contributed by atoms with Crippen LogP contribution in [0.4, 0.5) is 0 Å². The van der Waals surface area contributed by atoms with Gasteiger partial charge < -0.3 is 10.4 Å². The maximum atomic E-state index is 10.0. The first kappa shape index (κ1) is 17.2. The molecule has 3 nitrogen and oxygen atoms in total. The fourth-order valence-electron chi connectivity index (χ4n) is 4.80. The van der Waals surface area contributed by atoms with Crippen LogP contribution in [0.15, 0.2) is 0 Å². The number of hydrogen-bond donors (Lipinski definition) is 2. The highest BCUT2D eigenvalue weighted by Crippen LogP contribution is 2.38. The van der Waals surface area contributed by atoms with E-state index in [1.165, 1.54) is 45.1 Å². The van der Waals surface area contributed by atoms with E-state index in [2.05, 4.69) is 37.9 Å². The van der Waals surface area contributed by atoms with E-state index in [1.807, 2.05) is 0 Å². The Hall–Kier alpha value is -0.120. The number of hydrogen-bond acceptors (Lipinski definition) is 3. The Labute approximate surface area is 131 Å². The highest BCUT2D eigenvalue weighted by molar-refractivity contribution is 5.00. The standard InChI is InChI=1S/C18H36N2O/c1-14(2)19-18(13-21)11-6-9-17(18)10-12-20-15(3)7-5-8-16(20)4/h14-17,19,21H,5-13H2,1-4H3. The number of rotatable bonds is 6. The van der Waals surface area contributed by atoms with Gasteiger partial charge in [-0.1, -0.05) is 26.7 Å². The van der Waals surface area contributed by atoms with Crippen molar-refractivity contribution in [3.63, 3.8) is 0 Å². The third-order valence-electron chi connectivity index (χ3n) is 5.93. The molecule has 3 heteroatoms. The Kier molecular flexibility index (Phi) is 6.10. The second-order valence-corrected chi connectivity index (χ2v) is 7.86. The molecule has 2 N–H and O–H groups in total. The number of nitrogens with one attached hydrogen (secondary N) is 1. The summed E-state index contributed by atoms with van der Waals surface area (Å²) in [5.74, 6) is 0.631. The average Bonchev–Trinajstić information content (AvgIpc) is 2.81. The summed E-state index contributed by atoms with van der Waals surface area (Å²) in [7, 11) is 0. The van der Waals surface area contributed by atoms with Gasteiger partial charge in [0.1, 0.15) is 0 Å². The Morgan fingerprint density at radius 1 is 1.14 bits per heavy atom. The van der Waals surface area contributed by atoms with Crippen LogP contribution in [0.2, 0.25) is 0 Å². The number of nitrogens with zero attached hydrogens (tertiary/aromatic N) is 1. The lowest BCUT2D eigenvalue weighted by atomic mass is 9.84. The predicted molar refractivity (Wildman–Crippen MR) is 89.5 cm³/mol. The van der Waals surface area contributed by atoms with Crippen LogP contribution in [0.5, 0.6) is 0 Å². The summed E-state index contributed by atoms with van der Waals surface area (Å²) in [5, 5.41) is 13.7. The first-order valence-corrected chi connectivity index (χ1v) is 9.13. The molecule has 4 atom stereocenters. The molecular formula is C18H36N2O. The van der Waals surface area contributed by atoms with E-state index in [-0.39, 0.29) is 5.54 Å². The number of piperidine rings is 1. The first-order chi connectivity index (χ1) is 9.98. The zero-order valence-corrected chi connectivity index (χ0v) is 14.6. The quantitative estimate of drug-likeness (QED) is 0.790. The van der Waals surface area contributed by atoms with Gasteiger partial charge in [0.25, 0.3) is 0 Å². The molecule has 0 aromatic heterocycles. The zero-order chi connectivity index (χ0) is 15.5. The maximum absolute atomic E-state index is 10.0. The molecule has 1 saturated heterocycles. The topological polar surface area (TPSA) is 35.5 Å². The SMILES string of the molecule is CC(C)NC1(CO)CCCC1CCN1C(C)CCCC1C. The van der Waals surface area contributed by atoms with Crippen molar-refractivity contribution >= 4 is 0 Å². The monoisotopic (exact) mass is 296 g/mol. The number of aliphatic hydroxyl groups is 1. The van der Waals surface area contributed by atoms with Crippen molar-refractivity contribution in [2.75, 3.05) is 13.2 Å². The van der Waals surface area contributed by atoms with E-state index < -0.39 is 0 Å². The second-order valence-electron chi connectivity index (χ2n) is 7.86. The minimum absolute atomic E-state index is 0.0174. The van der Waals surface area contributed by atoms with Crippen LogP contribution >= 0.6 is 0 Å². The van der Waals surface area contributed by atoms with Gasteiger partial charge in [0.15, 0.2) is 0 Å². The van der Waals surface area contributed by atoms with Crippen LogP contribution in [-0.2, 0) is 0 Å². The first-order valence-electron chi connectivity index (χ1n) is 9.13. The Balaban J connectivity index is 1.94. The molecule has 0 aromatic carbocycles. The van der Waals surface area contributed by atoms with Gasteiger partial charge in [-0.25, -0.2) is 0 Å². The van der Waals surface area contributed by atoms with Gasteiger partial charge in [-0.05, 0) is 58.4 Å². The predicted octanol–water partition coefficient (Wildman–Crippen LogP) is 3.17. The van der Waals surface area contributed by atoms with Gasteiger partial charge in [0, 0.05) is 23.7 Å². The van der Waals surface area contributed by atoms with Gasteiger partial charge >= 0.3 is 0 Å². The van der Waals surface area contributed by atoms with Crippen LogP contribution in [0.25, 0.3) is 0 Å². The summed E-state index contributed by atoms with van der Waals surface area (Å²) < 4.78 is 0. The molecule has 1 aliphatic carbocycles.